The molecule has 3 N–H and O–H groups in total. The maximum absolute atomic E-state index is 10.7. The van der Waals surface area contributed by atoms with Gasteiger partial charge in [0.1, 0.15) is 6.04 Å². The van der Waals surface area contributed by atoms with Crippen molar-refractivity contribution in [3.05, 3.63) is 28.3 Å². The molecule has 2 heterocycles. The molecule has 9 heteroatoms. The van der Waals surface area contributed by atoms with E-state index in [2.05, 4.69) is 15.4 Å². The van der Waals surface area contributed by atoms with Gasteiger partial charge in [0.05, 0.1) is 28.6 Å². The Morgan fingerprint density at radius 1 is 1.57 bits per heavy atom. The van der Waals surface area contributed by atoms with Gasteiger partial charge in [-0.3, -0.25) is 9.48 Å². The molecule has 0 aliphatic heterocycles. The van der Waals surface area contributed by atoms with Crippen molar-refractivity contribution in [1.82, 2.24) is 24.8 Å². The second kappa shape index (κ2) is 6.23. The van der Waals surface area contributed by atoms with Gasteiger partial charge in [0.25, 0.3) is 0 Å². The molecule has 1 unspecified atom stereocenters. The van der Waals surface area contributed by atoms with Crippen LogP contribution in [0.15, 0.2) is 6.20 Å². The van der Waals surface area contributed by atoms with Gasteiger partial charge in [0, 0.05) is 19.7 Å². The molecule has 8 nitrogen and oxygen atoms in total. The van der Waals surface area contributed by atoms with Gasteiger partial charge < -0.3 is 10.8 Å². The van der Waals surface area contributed by atoms with Crippen molar-refractivity contribution < 1.29 is 9.90 Å². The Hall–Kier alpha value is -1.93. The van der Waals surface area contributed by atoms with Crippen molar-refractivity contribution in [3.8, 4) is 0 Å². The minimum atomic E-state index is -1.06. The molecular formula is C12H17ClN6O2. The van der Waals surface area contributed by atoms with Crippen LogP contribution in [0.2, 0.25) is 5.02 Å². The van der Waals surface area contributed by atoms with Crippen LogP contribution in [0.4, 0.5) is 0 Å². The number of carboxylic acids is 1. The lowest BCUT2D eigenvalue weighted by Crippen LogP contribution is -2.32. The van der Waals surface area contributed by atoms with E-state index in [4.69, 9.17) is 22.4 Å². The lowest BCUT2D eigenvalue weighted by Gasteiger charge is -2.03. The molecule has 0 saturated heterocycles. The topological polar surface area (TPSA) is 112 Å². The zero-order chi connectivity index (χ0) is 15.6. The maximum Gasteiger partial charge on any atom is 0.320 e. The molecule has 2 rings (SSSR count). The number of carbonyl (C=O) groups is 1. The Bertz CT molecular complexity index is 650. The standard InChI is InChI=1S/C12H17ClN6O2/c1-3-9-11(13)10(18(2)16-9)6-19-5-7(15-17-19)4-8(14)12(20)21/h5,8H,3-4,6,14H2,1-2H3,(H,20,21). The Morgan fingerprint density at radius 3 is 2.86 bits per heavy atom. The summed E-state index contributed by atoms with van der Waals surface area (Å²) < 4.78 is 3.30. The quantitative estimate of drug-likeness (QED) is 0.789. The van der Waals surface area contributed by atoms with Gasteiger partial charge in [-0.1, -0.05) is 23.7 Å². The average molecular weight is 313 g/mol. The lowest BCUT2D eigenvalue weighted by atomic mass is 10.2. The summed E-state index contributed by atoms with van der Waals surface area (Å²) in [6.07, 6.45) is 2.55. The number of nitrogens with two attached hydrogens (primary N) is 1. The molecule has 0 saturated carbocycles. The molecule has 114 valence electrons. The summed E-state index contributed by atoms with van der Waals surface area (Å²) in [5.74, 6) is -1.06. The molecule has 2 aromatic heterocycles. The second-order valence-corrected chi connectivity index (χ2v) is 5.12. The predicted octanol–water partition coefficient (Wildman–Crippen LogP) is 0.230. The van der Waals surface area contributed by atoms with Gasteiger partial charge in [0.2, 0.25) is 0 Å². The van der Waals surface area contributed by atoms with Crippen molar-refractivity contribution in [2.75, 3.05) is 0 Å². The predicted molar refractivity (Wildman–Crippen MR) is 76.0 cm³/mol. The highest BCUT2D eigenvalue weighted by Crippen LogP contribution is 2.21. The van der Waals surface area contributed by atoms with Crippen LogP contribution in [0, 0.1) is 0 Å². The van der Waals surface area contributed by atoms with Gasteiger partial charge in [-0.2, -0.15) is 5.10 Å². The number of aryl methyl sites for hydroxylation is 2. The smallest absolute Gasteiger partial charge is 0.320 e. The number of hydrogen-bond donors (Lipinski definition) is 2. The first kappa shape index (κ1) is 15.5. The summed E-state index contributed by atoms with van der Waals surface area (Å²) in [7, 11) is 1.82. The van der Waals surface area contributed by atoms with Crippen LogP contribution in [0.3, 0.4) is 0 Å². The highest BCUT2D eigenvalue weighted by molar-refractivity contribution is 6.31. The monoisotopic (exact) mass is 312 g/mol. The van der Waals surface area contributed by atoms with E-state index in [1.54, 1.807) is 15.6 Å². The molecular weight excluding hydrogens is 296 g/mol. The Labute approximate surface area is 126 Å². The van der Waals surface area contributed by atoms with Crippen LogP contribution in [0.1, 0.15) is 24.0 Å². The Balaban J connectivity index is 2.13. The summed E-state index contributed by atoms with van der Waals surface area (Å²) in [5.41, 5.74) is 7.66. The van der Waals surface area contributed by atoms with Crippen LogP contribution in [0.5, 0.6) is 0 Å². The van der Waals surface area contributed by atoms with Crippen molar-refractivity contribution in [3.63, 3.8) is 0 Å². The maximum atomic E-state index is 10.7. The van der Waals surface area contributed by atoms with Gasteiger partial charge in [-0.05, 0) is 6.42 Å². The molecule has 0 bridgehead atoms. The van der Waals surface area contributed by atoms with Crippen LogP contribution in [0.25, 0.3) is 0 Å². The Kier molecular flexibility index (Phi) is 4.59. The molecule has 0 fully saturated rings. The third-order valence-electron chi connectivity index (χ3n) is 3.15. The van der Waals surface area contributed by atoms with Gasteiger partial charge >= 0.3 is 5.97 Å². The van der Waals surface area contributed by atoms with Gasteiger partial charge in [-0.25, -0.2) is 4.68 Å². The SMILES string of the molecule is CCc1nn(C)c(Cn2cc(CC(N)C(=O)O)nn2)c1Cl. The molecule has 1 atom stereocenters. The minimum absolute atomic E-state index is 0.134. The van der Waals surface area contributed by atoms with Crippen molar-refractivity contribution in [1.29, 1.82) is 0 Å². The van der Waals surface area contributed by atoms with Gasteiger partial charge in [0.15, 0.2) is 0 Å². The molecule has 0 amide bonds. The fourth-order valence-corrected chi connectivity index (χ4v) is 2.32. The van der Waals surface area contributed by atoms with Crippen molar-refractivity contribution >= 4 is 17.6 Å². The first-order valence-electron chi connectivity index (χ1n) is 6.50. The third-order valence-corrected chi connectivity index (χ3v) is 3.58. The summed E-state index contributed by atoms with van der Waals surface area (Å²) in [6, 6.07) is -0.984. The molecule has 0 aliphatic rings. The molecule has 2 aromatic rings. The summed E-state index contributed by atoms with van der Waals surface area (Å²) >= 11 is 6.27. The van der Waals surface area contributed by atoms with E-state index >= 15 is 0 Å². The number of carboxylic acid groups (broad SMARTS) is 1. The zero-order valence-electron chi connectivity index (χ0n) is 11.8. The number of halogens is 1. The number of aromatic nitrogens is 5. The van der Waals surface area contributed by atoms with E-state index in [1.165, 1.54) is 0 Å². The van der Waals surface area contributed by atoms with Crippen molar-refractivity contribution in [2.45, 2.75) is 32.4 Å². The van der Waals surface area contributed by atoms with Crippen LogP contribution >= 0.6 is 11.6 Å². The van der Waals surface area contributed by atoms with Crippen molar-refractivity contribution in [2.24, 2.45) is 12.8 Å². The lowest BCUT2D eigenvalue weighted by molar-refractivity contribution is -0.138. The van der Waals surface area contributed by atoms with E-state index in [0.717, 1.165) is 17.8 Å². The van der Waals surface area contributed by atoms with E-state index < -0.39 is 12.0 Å². The molecule has 21 heavy (non-hydrogen) atoms. The number of nitrogens with zero attached hydrogens (tertiary/aromatic N) is 5. The van der Waals surface area contributed by atoms with E-state index in [0.29, 0.717) is 17.3 Å². The van der Waals surface area contributed by atoms with Crippen LogP contribution < -0.4 is 5.73 Å². The first-order valence-corrected chi connectivity index (χ1v) is 6.87. The summed E-state index contributed by atoms with van der Waals surface area (Å²) in [4.78, 5) is 10.7. The van der Waals surface area contributed by atoms with Crippen LogP contribution in [-0.2, 0) is 31.2 Å². The molecule has 0 aromatic carbocycles. The first-order chi connectivity index (χ1) is 9.92. The summed E-state index contributed by atoms with van der Waals surface area (Å²) in [5, 5.41) is 21.6. The van der Waals surface area contributed by atoms with Gasteiger partial charge in [-0.15, -0.1) is 5.10 Å². The molecule has 0 radical (unpaired) electrons. The molecule has 0 spiro atoms. The van der Waals surface area contributed by atoms with Crippen LogP contribution in [-0.4, -0.2) is 41.9 Å². The normalized spacial score (nSPS) is 12.6. The van der Waals surface area contributed by atoms with E-state index in [9.17, 15) is 4.79 Å². The Morgan fingerprint density at radius 2 is 2.29 bits per heavy atom. The number of hydrogen-bond acceptors (Lipinski definition) is 5. The number of rotatable bonds is 6. The molecule has 0 aliphatic carbocycles. The second-order valence-electron chi connectivity index (χ2n) is 4.74. The average Bonchev–Trinajstić information content (AvgIpc) is 2.98. The fraction of sp³-hybridized carbons (Fsp3) is 0.500. The van der Waals surface area contributed by atoms with E-state index in [1.807, 2.05) is 14.0 Å². The highest BCUT2D eigenvalue weighted by Gasteiger charge is 2.16. The largest absolute Gasteiger partial charge is 0.480 e. The highest BCUT2D eigenvalue weighted by atomic mass is 35.5. The third kappa shape index (κ3) is 3.40. The minimum Gasteiger partial charge on any atom is -0.480 e. The fourth-order valence-electron chi connectivity index (χ4n) is 1.97. The summed E-state index contributed by atoms with van der Waals surface area (Å²) in [6.45, 7) is 2.40. The van der Waals surface area contributed by atoms with E-state index in [-0.39, 0.29) is 6.42 Å². The number of aliphatic carboxylic acids is 1. The zero-order valence-corrected chi connectivity index (χ0v) is 12.6.